The average molecular weight is 352 g/mol. The number of carbonyl (C=O) groups is 2. The molecule has 1 unspecified atom stereocenters. The maximum absolute atomic E-state index is 12.4. The quantitative estimate of drug-likeness (QED) is 0.698. The number of para-hydroxylation sites is 1. The number of anilines is 1. The van der Waals surface area contributed by atoms with Crippen molar-refractivity contribution in [1.29, 1.82) is 0 Å². The summed E-state index contributed by atoms with van der Waals surface area (Å²) in [7, 11) is 0. The standard InChI is InChI=1S/C20H20N2O4/c1-12(2)14-7-9-15(10-8-14)22-19(23)13(3)26-20(24)16-5-4-6-17-18(16)21-11-25-17/h4-13H,1-3H3,(H,22,23). The molecular weight excluding hydrogens is 332 g/mol. The van der Waals surface area contributed by atoms with Crippen LogP contribution < -0.4 is 5.32 Å². The molecule has 3 aromatic rings. The molecule has 0 aliphatic carbocycles. The topological polar surface area (TPSA) is 81.4 Å². The van der Waals surface area contributed by atoms with Gasteiger partial charge in [-0.15, -0.1) is 0 Å². The molecule has 6 heteroatoms. The minimum absolute atomic E-state index is 0.261. The van der Waals surface area contributed by atoms with Crippen LogP contribution in [0.2, 0.25) is 0 Å². The molecule has 6 nitrogen and oxygen atoms in total. The molecule has 0 saturated heterocycles. The third-order valence-electron chi connectivity index (χ3n) is 4.08. The fraction of sp³-hybridized carbons (Fsp3) is 0.250. The third kappa shape index (κ3) is 3.74. The first-order valence-electron chi connectivity index (χ1n) is 8.39. The van der Waals surface area contributed by atoms with Gasteiger partial charge >= 0.3 is 5.97 Å². The molecule has 0 bridgehead atoms. The van der Waals surface area contributed by atoms with E-state index >= 15 is 0 Å². The predicted molar refractivity (Wildman–Crippen MR) is 98.0 cm³/mol. The van der Waals surface area contributed by atoms with Gasteiger partial charge in [0.1, 0.15) is 5.52 Å². The summed E-state index contributed by atoms with van der Waals surface area (Å²) < 4.78 is 10.4. The molecule has 1 amide bonds. The number of carbonyl (C=O) groups excluding carboxylic acids is 2. The van der Waals surface area contributed by atoms with E-state index in [1.54, 1.807) is 18.2 Å². The van der Waals surface area contributed by atoms with Crippen molar-refractivity contribution in [2.45, 2.75) is 32.8 Å². The molecule has 26 heavy (non-hydrogen) atoms. The lowest BCUT2D eigenvalue weighted by molar-refractivity contribution is -0.123. The number of esters is 1. The first kappa shape index (κ1) is 17.7. The van der Waals surface area contributed by atoms with Crippen LogP contribution in [0.3, 0.4) is 0 Å². The molecule has 134 valence electrons. The van der Waals surface area contributed by atoms with Gasteiger partial charge in [-0.3, -0.25) is 4.79 Å². The molecule has 0 radical (unpaired) electrons. The van der Waals surface area contributed by atoms with E-state index in [1.807, 2.05) is 24.3 Å². The Kier molecular flexibility index (Phi) is 5.02. The summed E-state index contributed by atoms with van der Waals surface area (Å²) in [5.41, 5.74) is 3.00. The van der Waals surface area contributed by atoms with Crippen LogP contribution >= 0.6 is 0 Å². The fourth-order valence-corrected chi connectivity index (χ4v) is 2.52. The Balaban J connectivity index is 1.65. The van der Waals surface area contributed by atoms with Gasteiger partial charge in [-0.2, -0.15) is 0 Å². The first-order chi connectivity index (χ1) is 12.5. The summed E-state index contributed by atoms with van der Waals surface area (Å²) in [4.78, 5) is 28.7. The van der Waals surface area contributed by atoms with Gasteiger partial charge in [0.15, 0.2) is 18.1 Å². The molecule has 1 N–H and O–H groups in total. The number of rotatable bonds is 5. The molecular formula is C20H20N2O4. The fourth-order valence-electron chi connectivity index (χ4n) is 2.52. The normalized spacial score (nSPS) is 12.2. The van der Waals surface area contributed by atoms with Crippen molar-refractivity contribution in [3.05, 3.63) is 60.0 Å². The molecule has 3 rings (SSSR count). The lowest BCUT2D eigenvalue weighted by atomic mass is 10.0. The van der Waals surface area contributed by atoms with Crippen LogP contribution in [0.15, 0.2) is 53.3 Å². The van der Waals surface area contributed by atoms with E-state index in [0.29, 0.717) is 22.7 Å². The van der Waals surface area contributed by atoms with Crippen molar-refractivity contribution in [2.24, 2.45) is 0 Å². The third-order valence-corrected chi connectivity index (χ3v) is 4.08. The van der Waals surface area contributed by atoms with Gasteiger partial charge in [-0.1, -0.05) is 32.0 Å². The van der Waals surface area contributed by atoms with Gasteiger partial charge in [-0.05, 0) is 42.7 Å². The van der Waals surface area contributed by atoms with E-state index < -0.39 is 18.0 Å². The Morgan fingerprint density at radius 1 is 1.08 bits per heavy atom. The highest BCUT2D eigenvalue weighted by atomic mass is 16.5. The van der Waals surface area contributed by atoms with Crippen molar-refractivity contribution in [1.82, 2.24) is 4.98 Å². The van der Waals surface area contributed by atoms with E-state index in [1.165, 1.54) is 18.9 Å². The summed E-state index contributed by atoms with van der Waals surface area (Å²) in [5.74, 6) is -0.607. The Morgan fingerprint density at radius 3 is 2.50 bits per heavy atom. The van der Waals surface area contributed by atoms with Crippen LogP contribution in [0, 0.1) is 0 Å². The Labute approximate surface area is 151 Å². The number of aromatic nitrogens is 1. The van der Waals surface area contributed by atoms with E-state index in [4.69, 9.17) is 9.15 Å². The zero-order valence-electron chi connectivity index (χ0n) is 14.9. The van der Waals surface area contributed by atoms with E-state index in [-0.39, 0.29) is 5.56 Å². The van der Waals surface area contributed by atoms with Crippen LogP contribution in [0.4, 0.5) is 5.69 Å². The summed E-state index contributed by atoms with van der Waals surface area (Å²) in [6.45, 7) is 5.73. The van der Waals surface area contributed by atoms with Crippen molar-refractivity contribution in [3.8, 4) is 0 Å². The highest BCUT2D eigenvalue weighted by Crippen LogP contribution is 2.19. The molecule has 0 fully saturated rings. The van der Waals surface area contributed by atoms with Gasteiger partial charge in [0.05, 0.1) is 5.56 Å². The minimum atomic E-state index is -0.950. The number of hydrogen-bond acceptors (Lipinski definition) is 5. The first-order valence-corrected chi connectivity index (χ1v) is 8.39. The van der Waals surface area contributed by atoms with E-state index in [9.17, 15) is 9.59 Å². The van der Waals surface area contributed by atoms with E-state index in [2.05, 4.69) is 24.1 Å². The van der Waals surface area contributed by atoms with Gasteiger partial charge in [0.2, 0.25) is 0 Å². The molecule has 2 aromatic carbocycles. The second kappa shape index (κ2) is 7.39. The van der Waals surface area contributed by atoms with E-state index in [0.717, 1.165) is 0 Å². The lowest BCUT2D eigenvalue weighted by Crippen LogP contribution is -2.30. The SMILES string of the molecule is CC(OC(=O)c1cccc2ocnc12)C(=O)Nc1ccc(C(C)C)cc1. The van der Waals surface area contributed by atoms with Crippen LogP contribution in [0.5, 0.6) is 0 Å². The summed E-state index contributed by atoms with van der Waals surface area (Å²) in [6, 6.07) is 12.5. The highest BCUT2D eigenvalue weighted by Gasteiger charge is 2.21. The van der Waals surface area contributed by atoms with Crippen LogP contribution in [0.1, 0.15) is 42.6 Å². The molecule has 1 atom stereocenters. The van der Waals surface area contributed by atoms with Crippen LogP contribution in [-0.4, -0.2) is 23.0 Å². The Hall–Kier alpha value is -3.15. The number of fused-ring (bicyclic) bond motifs is 1. The lowest BCUT2D eigenvalue weighted by Gasteiger charge is -2.14. The second-order valence-corrected chi connectivity index (χ2v) is 6.32. The summed E-state index contributed by atoms with van der Waals surface area (Å²) in [6.07, 6.45) is 0.313. The number of nitrogens with one attached hydrogen (secondary N) is 1. The molecule has 0 spiro atoms. The summed E-state index contributed by atoms with van der Waals surface area (Å²) in [5, 5.41) is 2.75. The maximum Gasteiger partial charge on any atom is 0.341 e. The van der Waals surface area contributed by atoms with Crippen molar-refractivity contribution in [2.75, 3.05) is 5.32 Å². The largest absolute Gasteiger partial charge is 0.449 e. The molecule has 0 aliphatic rings. The number of oxazole rings is 1. The van der Waals surface area contributed by atoms with Gasteiger partial charge < -0.3 is 14.5 Å². The maximum atomic E-state index is 12.4. The second-order valence-electron chi connectivity index (χ2n) is 6.32. The molecule has 1 aromatic heterocycles. The summed E-state index contributed by atoms with van der Waals surface area (Å²) >= 11 is 0. The van der Waals surface area contributed by atoms with Crippen molar-refractivity contribution in [3.63, 3.8) is 0 Å². The highest BCUT2D eigenvalue weighted by molar-refractivity contribution is 6.03. The van der Waals surface area contributed by atoms with Crippen molar-refractivity contribution >= 4 is 28.7 Å². The smallest absolute Gasteiger partial charge is 0.341 e. The van der Waals surface area contributed by atoms with Crippen LogP contribution in [0.25, 0.3) is 11.1 Å². The number of benzene rings is 2. The molecule has 1 heterocycles. The van der Waals surface area contributed by atoms with Gasteiger partial charge in [0.25, 0.3) is 5.91 Å². The van der Waals surface area contributed by atoms with Crippen molar-refractivity contribution < 1.29 is 18.7 Å². The Morgan fingerprint density at radius 2 is 1.81 bits per heavy atom. The zero-order valence-corrected chi connectivity index (χ0v) is 14.9. The van der Waals surface area contributed by atoms with Gasteiger partial charge in [-0.25, -0.2) is 9.78 Å². The van der Waals surface area contributed by atoms with Gasteiger partial charge in [0, 0.05) is 5.69 Å². The molecule has 0 aliphatic heterocycles. The number of nitrogens with zero attached hydrogens (tertiary/aromatic N) is 1. The number of amides is 1. The van der Waals surface area contributed by atoms with Crippen LogP contribution in [-0.2, 0) is 9.53 Å². The average Bonchev–Trinajstić information content (AvgIpc) is 3.10. The zero-order chi connectivity index (χ0) is 18.7. The minimum Gasteiger partial charge on any atom is -0.449 e. The molecule has 0 saturated carbocycles. The number of ether oxygens (including phenoxy) is 1. The Bertz CT molecular complexity index is 928. The monoisotopic (exact) mass is 352 g/mol. The predicted octanol–water partition coefficient (Wildman–Crippen LogP) is 4.14. The number of hydrogen-bond donors (Lipinski definition) is 1.